The summed E-state index contributed by atoms with van der Waals surface area (Å²) in [4.78, 5) is 11.6. The highest BCUT2D eigenvalue weighted by Crippen LogP contribution is 2.23. The van der Waals surface area contributed by atoms with Gasteiger partial charge in [-0.15, -0.1) is 6.58 Å². The van der Waals surface area contributed by atoms with E-state index in [4.69, 9.17) is 28.5 Å². The summed E-state index contributed by atoms with van der Waals surface area (Å²) in [5.41, 5.74) is 0.535. The van der Waals surface area contributed by atoms with E-state index in [2.05, 4.69) is 11.9 Å². The van der Waals surface area contributed by atoms with Crippen LogP contribution in [0.3, 0.4) is 0 Å². The maximum absolute atomic E-state index is 11.6. The SMILES string of the molecule is C=CCNC(=O)/C(C#N)=C\c1ccc(Cl)cc1Cl. The van der Waals surface area contributed by atoms with Gasteiger partial charge >= 0.3 is 0 Å². The van der Waals surface area contributed by atoms with Gasteiger partial charge in [0.25, 0.3) is 5.91 Å². The molecular formula is C13H10Cl2N2O. The Hall–Kier alpha value is -1.76. The molecule has 3 nitrogen and oxygen atoms in total. The predicted octanol–water partition coefficient (Wildman–Crippen LogP) is 3.20. The molecular weight excluding hydrogens is 271 g/mol. The van der Waals surface area contributed by atoms with Crippen molar-refractivity contribution >= 4 is 35.2 Å². The van der Waals surface area contributed by atoms with Gasteiger partial charge in [-0.05, 0) is 23.8 Å². The van der Waals surface area contributed by atoms with Crippen LogP contribution in [0, 0.1) is 11.3 Å². The number of rotatable bonds is 4. The zero-order valence-electron chi connectivity index (χ0n) is 9.41. The van der Waals surface area contributed by atoms with Crippen molar-refractivity contribution < 1.29 is 4.79 Å². The van der Waals surface area contributed by atoms with E-state index in [1.54, 1.807) is 18.2 Å². The second-order valence-electron chi connectivity index (χ2n) is 3.33. The minimum Gasteiger partial charge on any atom is -0.348 e. The lowest BCUT2D eigenvalue weighted by atomic mass is 10.1. The molecule has 0 bridgehead atoms. The first kappa shape index (κ1) is 14.3. The molecule has 5 heteroatoms. The molecule has 0 spiro atoms. The maximum atomic E-state index is 11.6. The summed E-state index contributed by atoms with van der Waals surface area (Å²) in [6, 6.07) is 6.65. The highest BCUT2D eigenvalue weighted by Gasteiger charge is 2.08. The summed E-state index contributed by atoms with van der Waals surface area (Å²) in [6.45, 7) is 3.77. The Morgan fingerprint density at radius 3 is 2.78 bits per heavy atom. The van der Waals surface area contributed by atoms with E-state index in [0.717, 1.165) is 0 Å². The van der Waals surface area contributed by atoms with Crippen molar-refractivity contribution in [3.63, 3.8) is 0 Å². The molecule has 0 atom stereocenters. The van der Waals surface area contributed by atoms with Gasteiger partial charge in [-0.3, -0.25) is 4.79 Å². The Kier molecular flexibility index (Phi) is 5.44. The number of carbonyl (C=O) groups is 1. The first-order chi connectivity index (χ1) is 8.58. The largest absolute Gasteiger partial charge is 0.348 e. The third-order valence-electron chi connectivity index (χ3n) is 2.03. The molecule has 0 aromatic heterocycles. The quantitative estimate of drug-likeness (QED) is 0.523. The average molecular weight is 281 g/mol. The summed E-state index contributed by atoms with van der Waals surface area (Å²) in [5.74, 6) is -0.469. The van der Waals surface area contributed by atoms with E-state index >= 15 is 0 Å². The highest BCUT2D eigenvalue weighted by atomic mass is 35.5. The lowest BCUT2D eigenvalue weighted by molar-refractivity contribution is -0.116. The van der Waals surface area contributed by atoms with Crippen LogP contribution in [0.4, 0.5) is 0 Å². The fraction of sp³-hybridized carbons (Fsp3) is 0.0769. The topological polar surface area (TPSA) is 52.9 Å². The van der Waals surface area contributed by atoms with Crippen LogP contribution in [0.1, 0.15) is 5.56 Å². The van der Waals surface area contributed by atoms with Gasteiger partial charge < -0.3 is 5.32 Å². The normalized spacial score (nSPS) is 10.6. The van der Waals surface area contributed by atoms with Crippen LogP contribution < -0.4 is 5.32 Å². The third-order valence-corrected chi connectivity index (χ3v) is 2.60. The minimum atomic E-state index is -0.469. The maximum Gasteiger partial charge on any atom is 0.262 e. The predicted molar refractivity (Wildman–Crippen MR) is 73.3 cm³/mol. The minimum absolute atomic E-state index is 0.0268. The summed E-state index contributed by atoms with van der Waals surface area (Å²) in [6.07, 6.45) is 2.94. The van der Waals surface area contributed by atoms with Crippen molar-refractivity contribution in [1.82, 2.24) is 5.32 Å². The van der Waals surface area contributed by atoms with Gasteiger partial charge in [0, 0.05) is 16.6 Å². The number of hydrogen-bond acceptors (Lipinski definition) is 2. The summed E-state index contributed by atoms with van der Waals surface area (Å²) in [5, 5.41) is 12.3. The molecule has 0 saturated heterocycles. The van der Waals surface area contributed by atoms with Gasteiger partial charge in [-0.25, -0.2) is 0 Å². The van der Waals surface area contributed by atoms with Gasteiger partial charge in [-0.2, -0.15) is 5.26 Å². The molecule has 1 amide bonds. The molecule has 92 valence electrons. The Morgan fingerprint density at radius 2 is 2.22 bits per heavy atom. The van der Waals surface area contributed by atoms with Gasteiger partial charge in [0.1, 0.15) is 11.6 Å². The lowest BCUT2D eigenvalue weighted by Crippen LogP contribution is -2.24. The molecule has 18 heavy (non-hydrogen) atoms. The molecule has 0 radical (unpaired) electrons. The first-order valence-electron chi connectivity index (χ1n) is 5.04. The summed E-state index contributed by atoms with van der Waals surface area (Å²) >= 11 is 11.7. The molecule has 1 aromatic carbocycles. The number of nitrogens with one attached hydrogen (secondary N) is 1. The van der Waals surface area contributed by atoms with Crippen LogP contribution in [-0.4, -0.2) is 12.5 Å². The Balaban J connectivity index is 3.01. The van der Waals surface area contributed by atoms with Gasteiger partial charge in [0.15, 0.2) is 0 Å². The lowest BCUT2D eigenvalue weighted by Gasteiger charge is -2.02. The van der Waals surface area contributed by atoms with Crippen molar-refractivity contribution in [1.29, 1.82) is 5.26 Å². The molecule has 1 aromatic rings. The zero-order valence-corrected chi connectivity index (χ0v) is 10.9. The van der Waals surface area contributed by atoms with Crippen LogP contribution in [-0.2, 0) is 4.79 Å². The monoisotopic (exact) mass is 280 g/mol. The van der Waals surface area contributed by atoms with E-state index in [9.17, 15) is 4.79 Å². The van der Waals surface area contributed by atoms with E-state index in [1.165, 1.54) is 12.2 Å². The van der Waals surface area contributed by atoms with Crippen molar-refractivity contribution in [2.24, 2.45) is 0 Å². The molecule has 0 heterocycles. The summed E-state index contributed by atoms with van der Waals surface area (Å²) < 4.78 is 0. The highest BCUT2D eigenvalue weighted by molar-refractivity contribution is 6.35. The molecule has 0 aliphatic rings. The van der Waals surface area contributed by atoms with E-state index in [0.29, 0.717) is 22.2 Å². The van der Waals surface area contributed by atoms with Crippen LogP contribution in [0.5, 0.6) is 0 Å². The molecule has 0 aliphatic heterocycles. The molecule has 0 aliphatic carbocycles. The van der Waals surface area contributed by atoms with Gasteiger partial charge in [0.2, 0.25) is 0 Å². The number of amides is 1. The first-order valence-corrected chi connectivity index (χ1v) is 5.80. The van der Waals surface area contributed by atoms with E-state index in [-0.39, 0.29) is 5.57 Å². The van der Waals surface area contributed by atoms with Crippen LogP contribution in [0.2, 0.25) is 10.0 Å². The third kappa shape index (κ3) is 3.92. The fourth-order valence-corrected chi connectivity index (χ4v) is 1.65. The Bertz CT molecular complexity index is 544. The average Bonchev–Trinajstić information content (AvgIpc) is 2.35. The van der Waals surface area contributed by atoms with Crippen LogP contribution in [0.25, 0.3) is 6.08 Å². The number of nitrogens with zero attached hydrogens (tertiary/aromatic N) is 1. The molecule has 1 N–H and O–H groups in total. The standard InChI is InChI=1S/C13H10Cl2N2O/c1-2-5-17-13(18)10(8-16)6-9-3-4-11(14)7-12(9)15/h2-4,6-7H,1,5H2,(H,17,18)/b10-6-. The van der Waals surface area contributed by atoms with Crippen molar-refractivity contribution in [3.05, 3.63) is 52.0 Å². The zero-order chi connectivity index (χ0) is 13.5. The summed E-state index contributed by atoms with van der Waals surface area (Å²) in [7, 11) is 0. The second-order valence-corrected chi connectivity index (χ2v) is 4.18. The van der Waals surface area contributed by atoms with Crippen LogP contribution in [0.15, 0.2) is 36.4 Å². The second kappa shape index (κ2) is 6.85. The smallest absolute Gasteiger partial charge is 0.262 e. The van der Waals surface area contributed by atoms with Crippen molar-refractivity contribution in [2.45, 2.75) is 0 Å². The van der Waals surface area contributed by atoms with E-state index in [1.807, 2.05) is 6.07 Å². The molecule has 0 saturated carbocycles. The fourth-order valence-electron chi connectivity index (χ4n) is 1.18. The number of nitriles is 1. The molecule has 0 fully saturated rings. The Morgan fingerprint density at radius 1 is 1.50 bits per heavy atom. The van der Waals surface area contributed by atoms with Crippen molar-refractivity contribution in [3.8, 4) is 6.07 Å². The van der Waals surface area contributed by atoms with Crippen LogP contribution >= 0.6 is 23.2 Å². The van der Waals surface area contributed by atoms with E-state index < -0.39 is 5.91 Å². The molecule has 0 unspecified atom stereocenters. The number of carbonyl (C=O) groups excluding carboxylic acids is 1. The number of hydrogen-bond donors (Lipinski definition) is 1. The van der Waals surface area contributed by atoms with Gasteiger partial charge in [-0.1, -0.05) is 35.3 Å². The molecule has 1 rings (SSSR count). The number of halogens is 2. The Labute approximate surface area is 115 Å². The number of benzene rings is 1. The van der Waals surface area contributed by atoms with Gasteiger partial charge in [0.05, 0.1) is 0 Å². The van der Waals surface area contributed by atoms with Crippen molar-refractivity contribution in [2.75, 3.05) is 6.54 Å².